The molecule has 2 aromatic rings. The van der Waals surface area contributed by atoms with Crippen molar-refractivity contribution >= 4 is 15.9 Å². The number of carbonyl (C=O) groups excluding carboxylic acids is 1. The number of rotatable bonds is 5. The fraction of sp³-hybridized carbons (Fsp3) is 0.316. The molecule has 144 valence electrons. The number of nitrogens with two attached hydrogens (primary N) is 1. The van der Waals surface area contributed by atoms with E-state index in [0.717, 1.165) is 31.6 Å². The minimum absolute atomic E-state index is 0.103. The number of carbonyl (C=O) groups is 1. The van der Waals surface area contributed by atoms with Crippen molar-refractivity contribution in [1.82, 2.24) is 9.80 Å². The molecule has 2 aromatic carbocycles. The van der Waals surface area contributed by atoms with E-state index in [2.05, 4.69) is 4.90 Å². The van der Waals surface area contributed by atoms with Crippen molar-refractivity contribution in [2.45, 2.75) is 11.3 Å². The second-order valence-corrected chi connectivity index (χ2v) is 8.11. The minimum atomic E-state index is -3.67. The highest BCUT2D eigenvalue weighted by atomic mass is 32.2. The molecule has 6 nitrogen and oxygen atoms in total. The molecule has 1 aliphatic rings. The third kappa shape index (κ3) is 4.91. The molecule has 1 amide bonds. The van der Waals surface area contributed by atoms with E-state index in [0.29, 0.717) is 13.1 Å². The molecule has 0 unspecified atom stereocenters. The lowest BCUT2D eigenvalue weighted by atomic mass is 10.1. The van der Waals surface area contributed by atoms with Gasteiger partial charge in [0.2, 0.25) is 10.0 Å². The van der Waals surface area contributed by atoms with Gasteiger partial charge >= 0.3 is 0 Å². The number of hydrogen-bond donors (Lipinski definition) is 1. The average Bonchev–Trinajstić information content (AvgIpc) is 2.66. The minimum Gasteiger partial charge on any atom is -0.336 e. The van der Waals surface area contributed by atoms with Crippen molar-refractivity contribution in [2.75, 3.05) is 32.7 Å². The van der Waals surface area contributed by atoms with E-state index in [9.17, 15) is 17.6 Å². The number of piperazine rings is 1. The second kappa shape index (κ2) is 8.16. The van der Waals surface area contributed by atoms with Gasteiger partial charge in [-0.3, -0.25) is 9.69 Å². The maximum Gasteiger partial charge on any atom is 0.256 e. The van der Waals surface area contributed by atoms with Crippen LogP contribution in [0.1, 0.15) is 15.9 Å². The summed E-state index contributed by atoms with van der Waals surface area (Å²) in [6.45, 7) is 3.34. The van der Waals surface area contributed by atoms with Crippen molar-refractivity contribution < 1.29 is 17.6 Å². The van der Waals surface area contributed by atoms with Gasteiger partial charge in [-0.1, -0.05) is 24.3 Å². The van der Waals surface area contributed by atoms with E-state index in [1.54, 1.807) is 29.2 Å². The van der Waals surface area contributed by atoms with E-state index in [4.69, 9.17) is 5.14 Å². The molecule has 0 spiro atoms. The Morgan fingerprint density at radius 3 is 2.22 bits per heavy atom. The van der Waals surface area contributed by atoms with Gasteiger partial charge in [-0.05, 0) is 36.2 Å². The van der Waals surface area contributed by atoms with E-state index in [1.807, 2.05) is 0 Å². The predicted molar refractivity (Wildman–Crippen MR) is 100 cm³/mol. The van der Waals surface area contributed by atoms with Gasteiger partial charge in [0.05, 0.1) is 10.5 Å². The fourth-order valence-electron chi connectivity index (χ4n) is 3.11. The number of nitrogens with zero attached hydrogens (tertiary/aromatic N) is 2. The van der Waals surface area contributed by atoms with E-state index in [1.165, 1.54) is 24.3 Å². The van der Waals surface area contributed by atoms with Gasteiger partial charge in [-0.25, -0.2) is 17.9 Å². The maximum atomic E-state index is 13.8. The lowest BCUT2D eigenvalue weighted by Crippen LogP contribution is -2.49. The van der Waals surface area contributed by atoms with Crippen LogP contribution < -0.4 is 5.14 Å². The SMILES string of the molecule is NS(=O)(=O)c1ccc(CCN2CCN(C(=O)c3ccccc3F)CC2)cc1. The molecule has 0 saturated carbocycles. The molecule has 0 aromatic heterocycles. The Bertz CT molecular complexity index is 908. The van der Waals surface area contributed by atoms with Crippen LogP contribution in [0.5, 0.6) is 0 Å². The summed E-state index contributed by atoms with van der Waals surface area (Å²) in [6, 6.07) is 12.6. The number of sulfonamides is 1. The normalized spacial score (nSPS) is 15.7. The van der Waals surface area contributed by atoms with Crippen molar-refractivity contribution in [3.63, 3.8) is 0 Å². The fourth-order valence-corrected chi connectivity index (χ4v) is 3.63. The molecule has 0 radical (unpaired) electrons. The number of halogens is 1. The summed E-state index contributed by atoms with van der Waals surface area (Å²) >= 11 is 0. The summed E-state index contributed by atoms with van der Waals surface area (Å²) in [5, 5.41) is 5.09. The highest BCUT2D eigenvalue weighted by Crippen LogP contribution is 2.13. The monoisotopic (exact) mass is 391 g/mol. The Morgan fingerprint density at radius 1 is 1.00 bits per heavy atom. The smallest absolute Gasteiger partial charge is 0.256 e. The van der Waals surface area contributed by atoms with E-state index >= 15 is 0 Å². The largest absolute Gasteiger partial charge is 0.336 e. The number of amides is 1. The van der Waals surface area contributed by atoms with Gasteiger partial charge in [-0.2, -0.15) is 0 Å². The van der Waals surface area contributed by atoms with Crippen LogP contribution in [0.15, 0.2) is 53.4 Å². The molecule has 27 heavy (non-hydrogen) atoms. The maximum absolute atomic E-state index is 13.8. The van der Waals surface area contributed by atoms with Crippen LogP contribution in [0.4, 0.5) is 4.39 Å². The zero-order chi connectivity index (χ0) is 19.4. The summed E-state index contributed by atoms with van der Waals surface area (Å²) in [7, 11) is -3.67. The highest BCUT2D eigenvalue weighted by molar-refractivity contribution is 7.89. The molecule has 0 bridgehead atoms. The van der Waals surface area contributed by atoms with Crippen molar-refractivity contribution in [3.8, 4) is 0 Å². The molecule has 2 N–H and O–H groups in total. The van der Waals surface area contributed by atoms with Gasteiger partial charge in [0, 0.05) is 32.7 Å². The predicted octanol–water partition coefficient (Wildman–Crippen LogP) is 1.47. The first-order valence-corrected chi connectivity index (χ1v) is 10.3. The molecule has 8 heteroatoms. The summed E-state index contributed by atoms with van der Waals surface area (Å²) < 4.78 is 36.3. The first kappa shape index (κ1) is 19.5. The lowest BCUT2D eigenvalue weighted by Gasteiger charge is -2.34. The van der Waals surface area contributed by atoms with Gasteiger partial charge in [0.15, 0.2) is 0 Å². The van der Waals surface area contributed by atoms with Crippen molar-refractivity contribution in [2.24, 2.45) is 5.14 Å². The summed E-state index contributed by atoms with van der Waals surface area (Å²) in [5.74, 6) is -0.765. The molecule has 1 saturated heterocycles. The Hall–Kier alpha value is -2.29. The van der Waals surface area contributed by atoms with Gasteiger partial charge in [0.25, 0.3) is 5.91 Å². The first-order valence-electron chi connectivity index (χ1n) is 8.72. The van der Waals surface area contributed by atoms with Gasteiger partial charge < -0.3 is 4.90 Å². The van der Waals surface area contributed by atoms with Gasteiger partial charge in [-0.15, -0.1) is 0 Å². The molecule has 0 aliphatic carbocycles. The number of benzene rings is 2. The zero-order valence-corrected chi connectivity index (χ0v) is 15.7. The summed E-state index contributed by atoms with van der Waals surface area (Å²) in [4.78, 5) is 16.4. The molecule has 1 fully saturated rings. The summed E-state index contributed by atoms with van der Waals surface area (Å²) in [5.41, 5.74) is 1.13. The third-order valence-electron chi connectivity index (χ3n) is 4.73. The summed E-state index contributed by atoms with van der Waals surface area (Å²) in [6.07, 6.45) is 0.770. The quantitative estimate of drug-likeness (QED) is 0.837. The molecule has 1 heterocycles. The van der Waals surface area contributed by atoms with Crippen LogP contribution in [0.3, 0.4) is 0 Å². The first-order chi connectivity index (χ1) is 12.8. The molecule has 0 atom stereocenters. The average molecular weight is 391 g/mol. The van der Waals surface area contributed by atoms with Crippen molar-refractivity contribution in [3.05, 3.63) is 65.5 Å². The van der Waals surface area contributed by atoms with Crippen LogP contribution in [-0.2, 0) is 16.4 Å². The Morgan fingerprint density at radius 2 is 1.63 bits per heavy atom. The standard InChI is InChI=1S/C19H22FN3O3S/c20-18-4-2-1-3-17(18)19(24)23-13-11-22(12-14-23)10-9-15-5-7-16(8-6-15)27(21,25)26/h1-8H,9-14H2,(H2,21,25,26). The lowest BCUT2D eigenvalue weighted by molar-refractivity contribution is 0.0634. The number of hydrogen-bond acceptors (Lipinski definition) is 4. The van der Waals surface area contributed by atoms with E-state index < -0.39 is 15.8 Å². The van der Waals surface area contributed by atoms with Crippen molar-refractivity contribution in [1.29, 1.82) is 0 Å². The molecular weight excluding hydrogens is 369 g/mol. The highest BCUT2D eigenvalue weighted by Gasteiger charge is 2.23. The molecular formula is C19H22FN3O3S. The van der Waals surface area contributed by atoms with E-state index in [-0.39, 0.29) is 16.4 Å². The molecule has 3 rings (SSSR count). The molecule has 1 aliphatic heterocycles. The Kier molecular flexibility index (Phi) is 5.88. The van der Waals surface area contributed by atoms with Gasteiger partial charge in [0.1, 0.15) is 5.82 Å². The van der Waals surface area contributed by atoms with Crippen LogP contribution in [0.2, 0.25) is 0 Å². The third-order valence-corrected chi connectivity index (χ3v) is 5.66. The van der Waals surface area contributed by atoms with Crippen LogP contribution >= 0.6 is 0 Å². The van der Waals surface area contributed by atoms with Crippen LogP contribution in [-0.4, -0.2) is 56.8 Å². The van der Waals surface area contributed by atoms with Crippen LogP contribution in [0.25, 0.3) is 0 Å². The zero-order valence-electron chi connectivity index (χ0n) is 14.8. The topological polar surface area (TPSA) is 83.7 Å². The Balaban J connectivity index is 1.50. The second-order valence-electron chi connectivity index (χ2n) is 6.55. The Labute approximate surface area is 158 Å². The van der Waals surface area contributed by atoms with Crippen LogP contribution in [0, 0.1) is 5.82 Å². The number of primary sulfonamides is 1.